The van der Waals surface area contributed by atoms with Crippen molar-refractivity contribution in [2.24, 2.45) is 0 Å². The monoisotopic (exact) mass is 585 g/mol. The van der Waals surface area contributed by atoms with Crippen molar-refractivity contribution in [3.8, 4) is 0 Å². The normalized spacial score (nSPS) is 23.1. The fourth-order valence-electron chi connectivity index (χ4n) is 6.15. The molecule has 3 aromatic rings. The molecule has 0 radical (unpaired) electrons. The first-order chi connectivity index (χ1) is 19.9. The molecule has 3 heterocycles. The number of halogens is 5. The van der Waals surface area contributed by atoms with Crippen LogP contribution in [0.3, 0.4) is 0 Å². The molecule has 3 amide bonds. The highest BCUT2D eigenvalue weighted by atomic mass is 19.4. The molecule has 1 aromatic heterocycles. The van der Waals surface area contributed by atoms with Gasteiger partial charge in [0.05, 0.1) is 23.9 Å². The number of aromatic nitrogens is 1. The summed E-state index contributed by atoms with van der Waals surface area (Å²) in [5, 5.41) is 8.00. The first-order valence-corrected chi connectivity index (χ1v) is 13.2. The van der Waals surface area contributed by atoms with Crippen LogP contribution in [0.15, 0.2) is 54.7 Å². The first kappa shape index (κ1) is 27.8. The van der Waals surface area contributed by atoms with E-state index in [4.69, 9.17) is 0 Å². The number of alkyl halides is 3. The highest BCUT2D eigenvalue weighted by Gasteiger charge is 2.51. The van der Waals surface area contributed by atoms with E-state index in [2.05, 4.69) is 20.9 Å². The van der Waals surface area contributed by atoms with E-state index in [1.807, 2.05) is 6.07 Å². The van der Waals surface area contributed by atoms with Gasteiger partial charge in [0.2, 0.25) is 17.7 Å². The molecule has 0 bridgehead atoms. The molecule has 3 N–H and O–H groups in total. The van der Waals surface area contributed by atoms with Gasteiger partial charge in [0.25, 0.3) is 0 Å². The predicted molar refractivity (Wildman–Crippen MR) is 140 cm³/mol. The van der Waals surface area contributed by atoms with E-state index >= 15 is 0 Å². The summed E-state index contributed by atoms with van der Waals surface area (Å²) in [7, 11) is 0. The van der Waals surface area contributed by atoms with Crippen LogP contribution in [0.2, 0.25) is 0 Å². The van der Waals surface area contributed by atoms with Gasteiger partial charge >= 0.3 is 6.18 Å². The van der Waals surface area contributed by atoms with Gasteiger partial charge in [0, 0.05) is 30.1 Å². The second-order valence-corrected chi connectivity index (χ2v) is 10.8. The van der Waals surface area contributed by atoms with Crippen molar-refractivity contribution in [3.05, 3.63) is 88.6 Å². The molecule has 218 valence electrons. The van der Waals surface area contributed by atoms with Crippen LogP contribution in [0.4, 0.5) is 33.5 Å². The van der Waals surface area contributed by atoms with Crippen LogP contribution >= 0.6 is 0 Å². The maximum absolute atomic E-state index is 14.0. The van der Waals surface area contributed by atoms with E-state index < -0.39 is 60.1 Å². The lowest BCUT2D eigenvalue weighted by atomic mass is 9.79. The van der Waals surface area contributed by atoms with Gasteiger partial charge in [-0.25, -0.2) is 13.8 Å². The Morgan fingerprint density at radius 3 is 2.52 bits per heavy atom. The van der Waals surface area contributed by atoms with E-state index in [1.165, 1.54) is 0 Å². The maximum Gasteiger partial charge on any atom is 0.391 e. The molecule has 2 aromatic carbocycles. The number of pyridine rings is 1. The van der Waals surface area contributed by atoms with Crippen LogP contribution in [-0.2, 0) is 32.6 Å². The van der Waals surface area contributed by atoms with Crippen LogP contribution in [-0.4, -0.2) is 52.9 Å². The minimum absolute atomic E-state index is 0.000881. The van der Waals surface area contributed by atoms with Crippen molar-refractivity contribution in [2.75, 3.05) is 23.7 Å². The Bertz CT molecular complexity index is 1590. The van der Waals surface area contributed by atoms with Gasteiger partial charge in [0.1, 0.15) is 24.0 Å². The van der Waals surface area contributed by atoms with E-state index in [9.17, 15) is 36.3 Å². The Hall–Kier alpha value is -4.39. The molecule has 42 heavy (non-hydrogen) atoms. The number of nitrogens with one attached hydrogen (secondary N) is 3. The van der Waals surface area contributed by atoms with E-state index in [0.29, 0.717) is 30.4 Å². The van der Waals surface area contributed by atoms with Gasteiger partial charge in [-0.3, -0.25) is 14.4 Å². The number of benzene rings is 2. The number of amides is 3. The number of hydrogen-bond donors (Lipinski definition) is 3. The summed E-state index contributed by atoms with van der Waals surface area (Å²) in [6.07, 6.45) is -3.71. The smallest absolute Gasteiger partial charge is 0.325 e. The highest BCUT2D eigenvalue weighted by Crippen LogP contribution is 2.47. The number of nitrogens with zero attached hydrogens (tertiary/aromatic N) is 2. The minimum atomic E-state index is -4.66. The van der Waals surface area contributed by atoms with Crippen molar-refractivity contribution in [2.45, 2.75) is 42.9 Å². The average molecular weight is 586 g/mol. The summed E-state index contributed by atoms with van der Waals surface area (Å²) < 4.78 is 67.3. The van der Waals surface area contributed by atoms with Gasteiger partial charge < -0.3 is 20.9 Å². The number of rotatable bonds is 5. The van der Waals surface area contributed by atoms with Gasteiger partial charge in [-0.1, -0.05) is 12.1 Å². The minimum Gasteiger partial charge on any atom is -0.325 e. The SMILES string of the molecule is O=C(CN1C(=O)C(CC(F)(F)F)NC[C@H]1c1cc(F)cc(F)c1)Nc1ccc2c(c1)C[C@@]1(C2)C(=O)Nc2ncccc21. The van der Waals surface area contributed by atoms with Crippen molar-refractivity contribution in [1.82, 2.24) is 15.2 Å². The number of piperazine rings is 1. The van der Waals surface area contributed by atoms with Gasteiger partial charge in [0.15, 0.2) is 0 Å². The van der Waals surface area contributed by atoms with Crippen molar-refractivity contribution in [3.63, 3.8) is 0 Å². The van der Waals surface area contributed by atoms with E-state index in [-0.39, 0.29) is 18.0 Å². The Balaban J connectivity index is 1.22. The Morgan fingerprint density at radius 2 is 1.79 bits per heavy atom. The fraction of sp³-hybridized carbons (Fsp3) is 0.310. The number of carbonyl (C=O) groups excluding carboxylic acids is 3. The average Bonchev–Trinajstić information content (AvgIpc) is 3.42. The van der Waals surface area contributed by atoms with Crippen molar-refractivity contribution >= 4 is 29.2 Å². The summed E-state index contributed by atoms with van der Waals surface area (Å²) in [4.78, 5) is 44.4. The molecule has 1 spiro atoms. The van der Waals surface area contributed by atoms with Crippen LogP contribution in [0.5, 0.6) is 0 Å². The molecule has 13 heteroatoms. The van der Waals surface area contributed by atoms with Crippen molar-refractivity contribution < 1.29 is 36.3 Å². The molecular formula is C29H24F5N5O3. The van der Waals surface area contributed by atoms with Gasteiger partial charge in [-0.15, -0.1) is 0 Å². The van der Waals surface area contributed by atoms with E-state index in [0.717, 1.165) is 33.7 Å². The largest absolute Gasteiger partial charge is 0.391 e. The zero-order valence-corrected chi connectivity index (χ0v) is 21.9. The Morgan fingerprint density at radius 1 is 1.05 bits per heavy atom. The molecular weight excluding hydrogens is 561 g/mol. The molecule has 1 saturated heterocycles. The number of hydrogen-bond acceptors (Lipinski definition) is 5. The van der Waals surface area contributed by atoms with Gasteiger partial charge in [-0.05, 0) is 59.9 Å². The molecule has 6 rings (SSSR count). The first-order valence-electron chi connectivity index (χ1n) is 13.2. The second kappa shape index (κ2) is 10.2. The van der Waals surface area contributed by atoms with E-state index in [1.54, 1.807) is 30.5 Å². The van der Waals surface area contributed by atoms with Crippen LogP contribution in [0.1, 0.15) is 34.7 Å². The molecule has 1 fully saturated rings. The topological polar surface area (TPSA) is 103 Å². The highest BCUT2D eigenvalue weighted by molar-refractivity contribution is 6.06. The third-order valence-electron chi connectivity index (χ3n) is 8.00. The van der Waals surface area contributed by atoms with Crippen LogP contribution < -0.4 is 16.0 Å². The lowest BCUT2D eigenvalue weighted by molar-refractivity contribution is -0.160. The summed E-state index contributed by atoms with van der Waals surface area (Å²) in [6, 6.07) is 8.59. The molecule has 1 unspecified atom stereocenters. The number of carbonyl (C=O) groups is 3. The van der Waals surface area contributed by atoms with Gasteiger partial charge in [-0.2, -0.15) is 13.2 Å². The van der Waals surface area contributed by atoms with Crippen LogP contribution in [0.25, 0.3) is 0 Å². The van der Waals surface area contributed by atoms with Crippen LogP contribution in [0, 0.1) is 11.6 Å². The summed E-state index contributed by atoms with van der Waals surface area (Å²) in [5.41, 5.74) is 2.09. The van der Waals surface area contributed by atoms with Crippen molar-refractivity contribution in [1.29, 1.82) is 0 Å². The zero-order chi connectivity index (χ0) is 29.8. The third-order valence-corrected chi connectivity index (χ3v) is 8.00. The summed E-state index contributed by atoms with van der Waals surface area (Å²) >= 11 is 0. The quantitative estimate of drug-likeness (QED) is 0.396. The summed E-state index contributed by atoms with van der Waals surface area (Å²) in [6.45, 7) is -0.901. The zero-order valence-electron chi connectivity index (χ0n) is 21.9. The number of anilines is 2. The summed E-state index contributed by atoms with van der Waals surface area (Å²) in [5.74, 6) is -3.23. The lowest BCUT2D eigenvalue weighted by Gasteiger charge is -2.40. The molecule has 0 saturated carbocycles. The Labute approximate surface area is 236 Å². The third kappa shape index (κ3) is 5.08. The standard InChI is InChI=1S/C29H24F5N5O3/c30-18-6-16(7-19(31)9-18)23-13-36-22(12-29(32,33)34)26(41)39(23)14-24(40)37-20-4-3-15-10-28(11-17(15)8-20)21-2-1-5-35-25(21)38-27(28)42/h1-9,22-23,36H,10-14H2,(H,37,40)(H,35,38,42)/t22?,23-,28+/m0/s1. The Kier molecular flexibility index (Phi) is 6.71. The number of fused-ring (bicyclic) bond motifs is 3. The molecule has 3 aliphatic rings. The molecule has 3 atom stereocenters. The fourth-order valence-corrected chi connectivity index (χ4v) is 6.15. The molecule has 8 nitrogen and oxygen atoms in total. The second-order valence-electron chi connectivity index (χ2n) is 10.8. The lowest BCUT2D eigenvalue weighted by Crippen LogP contribution is -2.58. The molecule has 2 aliphatic heterocycles. The predicted octanol–water partition coefficient (Wildman–Crippen LogP) is 3.78. The molecule has 1 aliphatic carbocycles. The maximum atomic E-state index is 14.0.